The number of halogens is 1. The van der Waals surface area contributed by atoms with Gasteiger partial charge < -0.3 is 10.5 Å². The Morgan fingerprint density at radius 3 is 2.92 bits per heavy atom. The van der Waals surface area contributed by atoms with Crippen molar-refractivity contribution in [1.82, 2.24) is 4.98 Å². The molecule has 0 aliphatic heterocycles. The highest BCUT2D eigenvalue weighted by Gasteiger charge is 2.10. The van der Waals surface area contributed by atoms with E-state index in [2.05, 4.69) is 9.72 Å². The molecule has 0 saturated heterocycles. The molecule has 1 aromatic rings. The first kappa shape index (κ1) is 8.45. The Labute approximate surface area is 68.2 Å². The van der Waals surface area contributed by atoms with Crippen molar-refractivity contribution in [2.45, 2.75) is 0 Å². The minimum atomic E-state index is -0.722. The first-order valence-electron chi connectivity index (χ1n) is 3.14. The first-order valence-corrected chi connectivity index (χ1v) is 3.14. The summed E-state index contributed by atoms with van der Waals surface area (Å²) in [4.78, 5) is 14.1. The first-order chi connectivity index (χ1) is 5.65. The number of aromatic nitrogens is 1. The molecule has 1 aromatic heterocycles. The van der Waals surface area contributed by atoms with Gasteiger partial charge in [-0.05, 0) is 0 Å². The number of ether oxygens (including phenoxy) is 1. The maximum Gasteiger partial charge on any atom is 0.341 e. The number of hydrogen-bond acceptors (Lipinski definition) is 4. The molecule has 0 spiro atoms. The highest BCUT2D eigenvalue weighted by Crippen LogP contribution is 2.11. The van der Waals surface area contributed by atoms with Gasteiger partial charge in [0.25, 0.3) is 0 Å². The lowest BCUT2D eigenvalue weighted by atomic mass is 10.2. The van der Waals surface area contributed by atoms with Gasteiger partial charge in [0.15, 0.2) is 0 Å². The van der Waals surface area contributed by atoms with E-state index in [-0.39, 0.29) is 11.3 Å². The zero-order chi connectivity index (χ0) is 9.14. The number of nitrogens with zero attached hydrogens (tertiary/aromatic N) is 1. The van der Waals surface area contributed by atoms with Crippen LogP contribution in [0.15, 0.2) is 12.3 Å². The normalized spacial score (nSPS) is 9.50. The van der Waals surface area contributed by atoms with E-state index in [4.69, 9.17) is 5.73 Å². The topological polar surface area (TPSA) is 65.2 Å². The van der Waals surface area contributed by atoms with E-state index >= 15 is 0 Å². The summed E-state index contributed by atoms with van der Waals surface area (Å²) in [6.45, 7) is 0. The third kappa shape index (κ3) is 1.50. The molecular weight excluding hydrogens is 163 g/mol. The monoisotopic (exact) mass is 170 g/mol. The molecular formula is C7H7FN2O2. The van der Waals surface area contributed by atoms with Crippen molar-refractivity contribution in [3.63, 3.8) is 0 Å². The summed E-state index contributed by atoms with van der Waals surface area (Å²) in [5, 5.41) is 0. The Bertz CT molecular complexity index is 314. The third-order valence-corrected chi connectivity index (χ3v) is 1.31. The molecule has 0 saturated carbocycles. The number of hydrogen-bond donors (Lipinski definition) is 1. The third-order valence-electron chi connectivity index (χ3n) is 1.31. The summed E-state index contributed by atoms with van der Waals surface area (Å²) in [5.74, 6) is -1.35. The van der Waals surface area contributed by atoms with E-state index in [1.54, 1.807) is 0 Å². The van der Waals surface area contributed by atoms with Crippen LogP contribution in [0, 0.1) is 5.95 Å². The largest absolute Gasteiger partial charge is 0.465 e. The summed E-state index contributed by atoms with van der Waals surface area (Å²) in [5.41, 5.74) is 5.41. The molecule has 0 atom stereocenters. The molecule has 1 heterocycles. The summed E-state index contributed by atoms with van der Waals surface area (Å²) in [7, 11) is 1.21. The Hall–Kier alpha value is -1.65. The molecule has 0 aromatic carbocycles. The average Bonchev–Trinajstić information content (AvgIpc) is 2.03. The van der Waals surface area contributed by atoms with Crippen molar-refractivity contribution in [2.24, 2.45) is 0 Å². The number of nitrogens with two attached hydrogens (primary N) is 1. The number of rotatable bonds is 1. The van der Waals surface area contributed by atoms with Crippen LogP contribution in [0.1, 0.15) is 10.4 Å². The second-order valence-electron chi connectivity index (χ2n) is 2.09. The molecule has 1 rings (SSSR count). The fourth-order valence-corrected chi connectivity index (χ4v) is 0.725. The predicted molar refractivity (Wildman–Crippen MR) is 39.9 cm³/mol. The summed E-state index contributed by atoms with van der Waals surface area (Å²) in [6.07, 6.45) is 1.04. The SMILES string of the molecule is COC(=O)c1cnc(F)cc1N. The van der Waals surface area contributed by atoms with Gasteiger partial charge in [-0.15, -0.1) is 0 Å². The Balaban J connectivity index is 3.09. The van der Waals surface area contributed by atoms with Gasteiger partial charge in [0.1, 0.15) is 5.56 Å². The number of nitrogen functional groups attached to an aromatic ring is 1. The molecule has 64 valence electrons. The lowest BCUT2D eigenvalue weighted by Gasteiger charge is -2.01. The van der Waals surface area contributed by atoms with Crippen LogP contribution < -0.4 is 5.73 Å². The van der Waals surface area contributed by atoms with Crippen LogP contribution in [-0.2, 0) is 4.74 Å². The molecule has 5 heteroatoms. The fraction of sp³-hybridized carbons (Fsp3) is 0.143. The predicted octanol–water partition coefficient (Wildman–Crippen LogP) is 0.590. The van der Waals surface area contributed by atoms with Crippen molar-refractivity contribution in [1.29, 1.82) is 0 Å². The molecule has 0 radical (unpaired) electrons. The van der Waals surface area contributed by atoms with Crippen molar-refractivity contribution in [2.75, 3.05) is 12.8 Å². The zero-order valence-electron chi connectivity index (χ0n) is 6.37. The van der Waals surface area contributed by atoms with Gasteiger partial charge >= 0.3 is 5.97 Å². The number of carbonyl (C=O) groups excluding carboxylic acids is 1. The quantitative estimate of drug-likeness (QED) is 0.494. The van der Waals surface area contributed by atoms with Crippen LogP contribution in [0.4, 0.5) is 10.1 Å². The molecule has 4 nitrogen and oxygen atoms in total. The summed E-state index contributed by atoms with van der Waals surface area (Å²) in [6, 6.07) is 0.965. The van der Waals surface area contributed by atoms with Gasteiger partial charge in [-0.25, -0.2) is 9.78 Å². The second kappa shape index (κ2) is 3.17. The highest BCUT2D eigenvalue weighted by atomic mass is 19.1. The van der Waals surface area contributed by atoms with Crippen LogP contribution >= 0.6 is 0 Å². The van der Waals surface area contributed by atoms with Crippen molar-refractivity contribution < 1.29 is 13.9 Å². The molecule has 0 aliphatic carbocycles. The van der Waals surface area contributed by atoms with E-state index in [0.29, 0.717) is 0 Å². The molecule has 0 bridgehead atoms. The Morgan fingerprint density at radius 1 is 1.75 bits per heavy atom. The minimum Gasteiger partial charge on any atom is -0.465 e. The molecule has 12 heavy (non-hydrogen) atoms. The lowest BCUT2D eigenvalue weighted by Crippen LogP contribution is -2.06. The van der Waals surface area contributed by atoms with Crippen molar-refractivity contribution >= 4 is 11.7 Å². The van der Waals surface area contributed by atoms with E-state index < -0.39 is 11.9 Å². The smallest absolute Gasteiger partial charge is 0.341 e. The van der Waals surface area contributed by atoms with Gasteiger partial charge in [0.05, 0.1) is 12.8 Å². The highest BCUT2D eigenvalue weighted by molar-refractivity contribution is 5.94. The average molecular weight is 170 g/mol. The number of pyridine rings is 1. The van der Waals surface area contributed by atoms with Crippen LogP contribution in [0.5, 0.6) is 0 Å². The fourth-order valence-electron chi connectivity index (χ4n) is 0.725. The summed E-state index contributed by atoms with van der Waals surface area (Å²) >= 11 is 0. The van der Waals surface area contributed by atoms with E-state index in [1.807, 2.05) is 0 Å². The zero-order valence-corrected chi connectivity index (χ0v) is 6.37. The van der Waals surface area contributed by atoms with Crippen LogP contribution in [0.2, 0.25) is 0 Å². The van der Waals surface area contributed by atoms with Gasteiger partial charge in [-0.1, -0.05) is 0 Å². The minimum absolute atomic E-state index is 0.0225. The van der Waals surface area contributed by atoms with Gasteiger partial charge in [0, 0.05) is 12.3 Å². The van der Waals surface area contributed by atoms with Crippen molar-refractivity contribution in [3.8, 4) is 0 Å². The van der Waals surface area contributed by atoms with Crippen LogP contribution in [0.3, 0.4) is 0 Å². The number of anilines is 1. The molecule has 0 amide bonds. The van der Waals surface area contributed by atoms with Gasteiger partial charge in [-0.2, -0.15) is 4.39 Å². The Kier molecular flexibility index (Phi) is 2.23. The van der Waals surface area contributed by atoms with E-state index in [0.717, 1.165) is 12.3 Å². The number of methoxy groups -OCH3 is 1. The van der Waals surface area contributed by atoms with Crippen LogP contribution in [-0.4, -0.2) is 18.1 Å². The standard InChI is InChI=1S/C7H7FN2O2/c1-12-7(11)4-3-10-6(8)2-5(4)9/h2-3H,1H3,(H2,9,10). The van der Waals surface area contributed by atoms with E-state index in [9.17, 15) is 9.18 Å². The molecule has 0 aliphatic rings. The lowest BCUT2D eigenvalue weighted by molar-refractivity contribution is 0.0601. The van der Waals surface area contributed by atoms with Gasteiger partial charge in [0.2, 0.25) is 5.95 Å². The Morgan fingerprint density at radius 2 is 2.42 bits per heavy atom. The maximum atomic E-state index is 12.4. The number of carbonyl (C=O) groups is 1. The summed E-state index contributed by atoms with van der Waals surface area (Å²) < 4.78 is 16.7. The second-order valence-corrected chi connectivity index (χ2v) is 2.09. The van der Waals surface area contributed by atoms with Crippen LogP contribution in [0.25, 0.3) is 0 Å². The van der Waals surface area contributed by atoms with Crippen molar-refractivity contribution in [3.05, 3.63) is 23.8 Å². The van der Waals surface area contributed by atoms with Gasteiger partial charge in [-0.3, -0.25) is 0 Å². The molecule has 0 unspecified atom stereocenters. The number of esters is 1. The molecule has 0 fully saturated rings. The molecule has 2 N–H and O–H groups in total. The maximum absolute atomic E-state index is 12.4. The van der Waals surface area contributed by atoms with E-state index in [1.165, 1.54) is 7.11 Å².